The average molecular weight is 273 g/mol. The Morgan fingerprint density at radius 3 is 2.75 bits per heavy atom. The molecule has 2 aliphatic heterocycles. The number of aliphatic hydroxyl groups is 1. The van der Waals surface area contributed by atoms with Crippen molar-refractivity contribution in [2.45, 2.75) is 30.8 Å². The molecule has 0 aromatic heterocycles. The average Bonchev–Trinajstić information content (AvgIpc) is 2.54. The molecular formula is C16H19NO3. The van der Waals surface area contributed by atoms with Gasteiger partial charge in [-0.1, -0.05) is 18.2 Å². The highest BCUT2D eigenvalue weighted by Crippen LogP contribution is 2.44. The minimum Gasteiger partial charge on any atom is -0.493 e. The molecular weight excluding hydrogens is 254 g/mol. The highest BCUT2D eigenvalue weighted by Gasteiger charge is 2.47. The smallest absolute Gasteiger partial charge is 0.124 e. The van der Waals surface area contributed by atoms with Crippen molar-refractivity contribution >= 4 is 0 Å². The van der Waals surface area contributed by atoms with Crippen molar-refractivity contribution in [2.24, 2.45) is 5.92 Å². The minimum absolute atomic E-state index is 0.120. The fourth-order valence-corrected chi connectivity index (χ4v) is 3.34. The molecule has 3 rings (SSSR count). The van der Waals surface area contributed by atoms with E-state index in [4.69, 9.17) is 9.47 Å². The molecule has 20 heavy (non-hydrogen) atoms. The number of aliphatic hydroxyl groups excluding tert-OH is 1. The molecule has 2 heterocycles. The monoisotopic (exact) mass is 273 g/mol. The van der Waals surface area contributed by atoms with E-state index in [9.17, 15) is 10.4 Å². The third-order valence-electron chi connectivity index (χ3n) is 4.54. The number of ether oxygens (including phenoxy) is 2. The van der Waals surface area contributed by atoms with Crippen LogP contribution < -0.4 is 4.74 Å². The number of para-hydroxylation sites is 1. The first-order valence-corrected chi connectivity index (χ1v) is 7.17. The Hall–Kier alpha value is -1.57. The van der Waals surface area contributed by atoms with Gasteiger partial charge < -0.3 is 14.6 Å². The molecule has 0 saturated carbocycles. The van der Waals surface area contributed by atoms with Gasteiger partial charge in [0, 0.05) is 25.2 Å². The summed E-state index contributed by atoms with van der Waals surface area (Å²) < 4.78 is 11.0. The summed E-state index contributed by atoms with van der Waals surface area (Å²) >= 11 is 0. The number of nitriles is 1. The van der Waals surface area contributed by atoms with Crippen molar-refractivity contribution in [1.82, 2.24) is 0 Å². The van der Waals surface area contributed by atoms with Crippen LogP contribution in [0, 0.1) is 17.2 Å². The zero-order chi connectivity index (χ0) is 14.0. The van der Waals surface area contributed by atoms with Crippen LogP contribution in [0.5, 0.6) is 5.75 Å². The molecule has 0 aliphatic carbocycles. The normalized spacial score (nSPS) is 28.0. The number of fused-ring (bicyclic) bond motifs is 1. The zero-order valence-corrected chi connectivity index (χ0v) is 11.4. The van der Waals surface area contributed by atoms with Crippen LogP contribution in [-0.4, -0.2) is 31.0 Å². The Balaban J connectivity index is 1.98. The first-order valence-electron chi connectivity index (χ1n) is 7.17. The molecule has 106 valence electrons. The molecule has 1 saturated heterocycles. The van der Waals surface area contributed by atoms with E-state index in [1.54, 1.807) is 0 Å². The fraction of sp³-hybridized carbons (Fsp3) is 0.562. The molecule has 1 N–H and O–H groups in total. The van der Waals surface area contributed by atoms with Gasteiger partial charge in [0.2, 0.25) is 0 Å². The highest BCUT2D eigenvalue weighted by atomic mass is 16.5. The zero-order valence-electron chi connectivity index (χ0n) is 11.4. The van der Waals surface area contributed by atoms with Crippen LogP contribution in [0.15, 0.2) is 24.3 Å². The lowest BCUT2D eigenvalue weighted by molar-refractivity contribution is -0.0245. The van der Waals surface area contributed by atoms with Gasteiger partial charge in [-0.3, -0.25) is 0 Å². The molecule has 0 bridgehead atoms. The Labute approximate surface area is 118 Å². The molecule has 1 fully saturated rings. The standard InChI is InChI=1S/C16H19NO3/c17-11-16(15(18)12-5-8-19-9-6-12)7-10-20-14-4-2-1-3-13(14)16/h1-4,12,15,18H,5-10H2. The van der Waals surface area contributed by atoms with Crippen molar-refractivity contribution in [3.05, 3.63) is 29.8 Å². The maximum Gasteiger partial charge on any atom is 0.124 e. The Bertz CT molecular complexity index is 519. The molecule has 1 aromatic rings. The van der Waals surface area contributed by atoms with Crippen LogP contribution in [0.2, 0.25) is 0 Å². The summed E-state index contributed by atoms with van der Waals surface area (Å²) in [6.45, 7) is 1.81. The first-order chi connectivity index (χ1) is 9.78. The maximum absolute atomic E-state index is 10.9. The lowest BCUT2D eigenvalue weighted by Crippen LogP contribution is -2.47. The Kier molecular flexibility index (Phi) is 3.64. The van der Waals surface area contributed by atoms with E-state index in [1.807, 2.05) is 24.3 Å². The van der Waals surface area contributed by atoms with Gasteiger partial charge in [0.15, 0.2) is 0 Å². The number of rotatable bonds is 2. The van der Waals surface area contributed by atoms with Gasteiger partial charge in [-0.05, 0) is 24.8 Å². The van der Waals surface area contributed by atoms with E-state index in [0.29, 0.717) is 26.2 Å². The predicted octanol–water partition coefficient (Wildman–Crippen LogP) is 2.02. The van der Waals surface area contributed by atoms with Gasteiger partial charge >= 0.3 is 0 Å². The van der Waals surface area contributed by atoms with Crippen molar-refractivity contribution in [2.75, 3.05) is 19.8 Å². The number of nitrogens with zero attached hydrogens (tertiary/aromatic N) is 1. The van der Waals surface area contributed by atoms with Crippen molar-refractivity contribution in [1.29, 1.82) is 5.26 Å². The quantitative estimate of drug-likeness (QED) is 0.895. The van der Waals surface area contributed by atoms with E-state index in [-0.39, 0.29) is 5.92 Å². The van der Waals surface area contributed by atoms with E-state index in [2.05, 4.69) is 6.07 Å². The Morgan fingerprint density at radius 1 is 1.25 bits per heavy atom. The van der Waals surface area contributed by atoms with Gasteiger partial charge in [0.05, 0.1) is 18.8 Å². The first kappa shape index (κ1) is 13.4. The molecule has 1 aromatic carbocycles. The van der Waals surface area contributed by atoms with Crippen LogP contribution in [0.3, 0.4) is 0 Å². The van der Waals surface area contributed by atoms with Crippen LogP contribution in [-0.2, 0) is 10.2 Å². The second-order valence-electron chi connectivity index (χ2n) is 5.57. The number of benzene rings is 1. The summed E-state index contributed by atoms with van der Waals surface area (Å²) in [5, 5.41) is 20.7. The fourth-order valence-electron chi connectivity index (χ4n) is 3.34. The van der Waals surface area contributed by atoms with E-state index in [1.165, 1.54) is 0 Å². The molecule has 4 heteroatoms. The van der Waals surface area contributed by atoms with Crippen LogP contribution in [0.25, 0.3) is 0 Å². The third-order valence-corrected chi connectivity index (χ3v) is 4.54. The summed E-state index contributed by atoms with van der Waals surface area (Å²) in [7, 11) is 0. The van der Waals surface area contributed by atoms with Gasteiger partial charge in [-0.25, -0.2) is 0 Å². The molecule has 4 nitrogen and oxygen atoms in total. The van der Waals surface area contributed by atoms with Gasteiger partial charge in [-0.15, -0.1) is 0 Å². The largest absolute Gasteiger partial charge is 0.493 e. The number of hydrogen-bond donors (Lipinski definition) is 1. The van der Waals surface area contributed by atoms with E-state index >= 15 is 0 Å². The van der Waals surface area contributed by atoms with Gasteiger partial charge in [0.25, 0.3) is 0 Å². The van der Waals surface area contributed by atoms with E-state index < -0.39 is 11.5 Å². The summed E-state index contributed by atoms with van der Waals surface area (Å²) in [6, 6.07) is 9.97. The van der Waals surface area contributed by atoms with Crippen LogP contribution in [0.1, 0.15) is 24.8 Å². The van der Waals surface area contributed by atoms with Crippen LogP contribution >= 0.6 is 0 Å². The lowest BCUT2D eigenvalue weighted by Gasteiger charge is -2.41. The topological polar surface area (TPSA) is 62.5 Å². The molecule has 2 atom stereocenters. The molecule has 0 spiro atoms. The minimum atomic E-state index is -0.850. The molecule has 0 radical (unpaired) electrons. The van der Waals surface area contributed by atoms with Crippen molar-refractivity contribution in [3.63, 3.8) is 0 Å². The SMILES string of the molecule is N#CC1(C(O)C2CCOCC2)CCOc2ccccc21. The second kappa shape index (κ2) is 5.43. The van der Waals surface area contributed by atoms with E-state index in [0.717, 1.165) is 24.2 Å². The summed E-state index contributed by atoms with van der Waals surface area (Å²) in [4.78, 5) is 0. The predicted molar refractivity (Wildman–Crippen MR) is 73.4 cm³/mol. The van der Waals surface area contributed by atoms with Crippen molar-refractivity contribution < 1.29 is 14.6 Å². The maximum atomic E-state index is 10.9. The highest BCUT2D eigenvalue weighted by molar-refractivity contribution is 5.46. The summed E-state index contributed by atoms with van der Waals surface area (Å²) in [5.41, 5.74) is -0.0237. The van der Waals surface area contributed by atoms with Gasteiger partial charge in [-0.2, -0.15) is 5.26 Å². The van der Waals surface area contributed by atoms with Crippen LogP contribution in [0.4, 0.5) is 0 Å². The summed E-state index contributed by atoms with van der Waals surface area (Å²) in [6.07, 6.45) is 1.50. The third kappa shape index (κ3) is 2.07. The molecule has 2 unspecified atom stereocenters. The lowest BCUT2D eigenvalue weighted by atomic mass is 9.68. The second-order valence-corrected chi connectivity index (χ2v) is 5.57. The Morgan fingerprint density at radius 2 is 2.00 bits per heavy atom. The summed E-state index contributed by atoms with van der Waals surface area (Å²) in [5.74, 6) is 0.848. The number of hydrogen-bond acceptors (Lipinski definition) is 4. The molecule has 0 amide bonds. The van der Waals surface area contributed by atoms with Crippen molar-refractivity contribution in [3.8, 4) is 11.8 Å². The van der Waals surface area contributed by atoms with Gasteiger partial charge in [0.1, 0.15) is 11.2 Å². The molecule has 2 aliphatic rings.